The Morgan fingerprint density at radius 2 is 2.00 bits per heavy atom. The van der Waals surface area contributed by atoms with Crippen molar-refractivity contribution in [2.24, 2.45) is 5.92 Å². The normalized spacial score (nSPS) is 11.9. The summed E-state index contributed by atoms with van der Waals surface area (Å²) in [5, 5.41) is 3.75. The molecule has 0 bridgehead atoms. The summed E-state index contributed by atoms with van der Waals surface area (Å²) in [5.74, 6) is -0.486. The van der Waals surface area contributed by atoms with Gasteiger partial charge in [-0.15, -0.1) is 0 Å². The Bertz CT molecular complexity index is 766. The minimum absolute atomic E-state index is 0.00524. The van der Waals surface area contributed by atoms with Crippen LogP contribution in [0.5, 0.6) is 0 Å². The number of ether oxygens (including phenoxy) is 1. The number of amides is 1. The van der Waals surface area contributed by atoms with E-state index in [9.17, 15) is 14.4 Å². The first-order chi connectivity index (χ1) is 12.5. The van der Waals surface area contributed by atoms with Gasteiger partial charge in [-0.1, -0.05) is 25.1 Å². The number of Topliss-reactive ketones (excluding diaryl/α,β-unsaturated/α-hetero) is 1. The molecule has 0 aliphatic carbocycles. The van der Waals surface area contributed by atoms with Crippen molar-refractivity contribution in [1.29, 1.82) is 0 Å². The number of para-hydroxylation sites is 1. The van der Waals surface area contributed by atoms with Gasteiger partial charge < -0.3 is 15.0 Å². The predicted octanol–water partition coefficient (Wildman–Crippen LogP) is 3.23. The molecule has 0 radical (unpaired) electrons. The minimum Gasteiger partial charge on any atom is -0.466 e. The van der Waals surface area contributed by atoms with E-state index >= 15 is 0 Å². The highest BCUT2D eigenvalue weighted by molar-refractivity contribution is 6.07. The van der Waals surface area contributed by atoms with E-state index < -0.39 is 0 Å². The third-order valence-corrected chi connectivity index (χ3v) is 4.41. The highest BCUT2D eigenvalue weighted by Gasteiger charge is 2.17. The van der Waals surface area contributed by atoms with Crippen LogP contribution in [-0.4, -0.2) is 35.8 Å². The first-order valence-electron chi connectivity index (χ1n) is 9.03. The Balaban J connectivity index is 1.77. The Morgan fingerprint density at radius 3 is 2.73 bits per heavy atom. The highest BCUT2D eigenvalue weighted by atomic mass is 16.5. The van der Waals surface area contributed by atoms with Gasteiger partial charge in [0.1, 0.15) is 0 Å². The summed E-state index contributed by atoms with van der Waals surface area (Å²) in [6, 6.07) is 7.65. The van der Waals surface area contributed by atoms with Gasteiger partial charge in [-0.3, -0.25) is 14.4 Å². The number of esters is 1. The van der Waals surface area contributed by atoms with Crippen molar-refractivity contribution in [3.8, 4) is 0 Å². The van der Waals surface area contributed by atoms with Gasteiger partial charge in [-0.2, -0.15) is 0 Å². The molecule has 140 valence electrons. The van der Waals surface area contributed by atoms with Crippen LogP contribution in [0.4, 0.5) is 0 Å². The van der Waals surface area contributed by atoms with Crippen molar-refractivity contribution < 1.29 is 19.1 Å². The van der Waals surface area contributed by atoms with Crippen LogP contribution in [0.25, 0.3) is 10.9 Å². The number of H-pyrrole nitrogens is 1. The number of hydrogen-bond donors (Lipinski definition) is 2. The predicted molar refractivity (Wildman–Crippen MR) is 99.9 cm³/mol. The van der Waals surface area contributed by atoms with Crippen molar-refractivity contribution in [2.45, 2.75) is 39.5 Å². The Hall–Kier alpha value is -2.63. The van der Waals surface area contributed by atoms with Gasteiger partial charge in [-0.05, 0) is 25.3 Å². The van der Waals surface area contributed by atoms with E-state index in [4.69, 9.17) is 4.74 Å². The van der Waals surface area contributed by atoms with Crippen LogP contribution in [0, 0.1) is 5.92 Å². The fourth-order valence-corrected chi connectivity index (χ4v) is 2.95. The van der Waals surface area contributed by atoms with Gasteiger partial charge in [0.05, 0.1) is 6.61 Å². The van der Waals surface area contributed by atoms with Crippen LogP contribution in [0.15, 0.2) is 30.5 Å². The molecule has 26 heavy (non-hydrogen) atoms. The number of hydrogen-bond acceptors (Lipinski definition) is 4. The molecule has 0 aliphatic rings. The van der Waals surface area contributed by atoms with Crippen LogP contribution >= 0.6 is 0 Å². The topological polar surface area (TPSA) is 88.3 Å². The number of carbonyl (C=O) groups is 3. The maximum atomic E-state index is 12.4. The van der Waals surface area contributed by atoms with Crippen LogP contribution in [-0.2, 0) is 14.3 Å². The summed E-state index contributed by atoms with van der Waals surface area (Å²) < 4.78 is 4.89. The quantitative estimate of drug-likeness (QED) is 0.388. The van der Waals surface area contributed by atoms with Crippen LogP contribution in [0.1, 0.15) is 49.9 Å². The molecule has 6 heteroatoms. The first kappa shape index (κ1) is 19.7. The first-order valence-corrected chi connectivity index (χ1v) is 9.03. The molecule has 0 saturated carbocycles. The molecule has 1 aromatic heterocycles. The number of ketones is 1. The van der Waals surface area contributed by atoms with Crippen molar-refractivity contribution in [2.75, 3.05) is 13.2 Å². The van der Waals surface area contributed by atoms with E-state index in [0.29, 0.717) is 38.0 Å². The summed E-state index contributed by atoms with van der Waals surface area (Å²) in [5.41, 5.74) is 1.59. The number of benzene rings is 1. The number of fused-ring (bicyclic) bond motifs is 1. The van der Waals surface area contributed by atoms with Gasteiger partial charge in [0.2, 0.25) is 5.91 Å². The smallest absolute Gasteiger partial charge is 0.302 e. The second-order valence-corrected chi connectivity index (χ2v) is 6.30. The van der Waals surface area contributed by atoms with Crippen LogP contribution in [0.2, 0.25) is 0 Å². The molecule has 1 atom stereocenters. The zero-order valence-electron chi connectivity index (χ0n) is 15.3. The van der Waals surface area contributed by atoms with Crippen LogP contribution in [0.3, 0.4) is 0 Å². The van der Waals surface area contributed by atoms with Gasteiger partial charge in [0.25, 0.3) is 0 Å². The molecule has 2 N–H and O–H groups in total. The summed E-state index contributed by atoms with van der Waals surface area (Å²) >= 11 is 0. The zero-order valence-corrected chi connectivity index (χ0v) is 15.3. The SMILES string of the molecule is CCC(CCCOC(C)=O)C(=O)NCCC(=O)c1c[nH]c2ccccc12. The average molecular weight is 358 g/mol. The van der Waals surface area contributed by atoms with Crippen molar-refractivity contribution >= 4 is 28.6 Å². The molecule has 1 heterocycles. The number of aromatic amines is 1. The fourth-order valence-electron chi connectivity index (χ4n) is 2.95. The van der Waals surface area contributed by atoms with Crippen molar-refractivity contribution in [3.05, 3.63) is 36.0 Å². The maximum absolute atomic E-state index is 12.4. The summed E-state index contributed by atoms with van der Waals surface area (Å²) in [6.45, 7) is 3.97. The van der Waals surface area contributed by atoms with Gasteiger partial charge in [0, 0.05) is 48.5 Å². The third kappa shape index (κ3) is 5.44. The highest BCUT2D eigenvalue weighted by Crippen LogP contribution is 2.19. The molecule has 1 amide bonds. The van der Waals surface area contributed by atoms with E-state index in [1.165, 1.54) is 6.92 Å². The van der Waals surface area contributed by atoms with Gasteiger partial charge in [0.15, 0.2) is 5.78 Å². The van der Waals surface area contributed by atoms with Gasteiger partial charge >= 0.3 is 5.97 Å². The van der Waals surface area contributed by atoms with E-state index in [1.807, 2.05) is 31.2 Å². The number of nitrogens with one attached hydrogen (secondary N) is 2. The minimum atomic E-state index is -0.307. The van der Waals surface area contributed by atoms with Crippen molar-refractivity contribution in [3.63, 3.8) is 0 Å². The molecule has 1 unspecified atom stereocenters. The maximum Gasteiger partial charge on any atom is 0.302 e. The molecule has 0 saturated heterocycles. The third-order valence-electron chi connectivity index (χ3n) is 4.41. The molecule has 2 rings (SSSR count). The number of aromatic nitrogens is 1. The van der Waals surface area contributed by atoms with E-state index in [2.05, 4.69) is 10.3 Å². The molecule has 2 aromatic rings. The molecular weight excluding hydrogens is 332 g/mol. The van der Waals surface area contributed by atoms with Crippen LogP contribution < -0.4 is 5.32 Å². The largest absolute Gasteiger partial charge is 0.466 e. The summed E-state index contributed by atoms with van der Waals surface area (Å²) in [6.07, 6.45) is 4.00. The number of rotatable bonds is 10. The lowest BCUT2D eigenvalue weighted by atomic mass is 9.99. The molecule has 1 aromatic carbocycles. The van der Waals surface area contributed by atoms with E-state index in [1.54, 1.807) is 6.20 Å². The summed E-state index contributed by atoms with van der Waals surface area (Å²) in [7, 11) is 0. The Labute approximate surface area is 153 Å². The monoisotopic (exact) mass is 358 g/mol. The molecule has 0 fully saturated rings. The number of carbonyl (C=O) groups excluding carboxylic acids is 3. The standard InChI is InChI=1S/C20H26N2O4/c1-3-15(7-6-12-26-14(2)23)20(25)21-11-10-19(24)17-13-22-18-9-5-4-8-16(17)18/h4-5,8-9,13,15,22H,3,6-7,10-12H2,1-2H3,(H,21,25). The summed E-state index contributed by atoms with van der Waals surface area (Å²) in [4.78, 5) is 38.5. The van der Waals surface area contributed by atoms with E-state index in [-0.39, 0.29) is 30.0 Å². The molecular formula is C20H26N2O4. The van der Waals surface area contributed by atoms with Crippen molar-refractivity contribution in [1.82, 2.24) is 10.3 Å². The fraction of sp³-hybridized carbons (Fsp3) is 0.450. The Kier molecular flexibility index (Phi) is 7.38. The molecule has 0 spiro atoms. The molecule has 0 aliphatic heterocycles. The average Bonchev–Trinajstić information content (AvgIpc) is 3.05. The van der Waals surface area contributed by atoms with Gasteiger partial charge in [-0.25, -0.2) is 0 Å². The van der Waals surface area contributed by atoms with E-state index in [0.717, 1.165) is 10.9 Å². The lowest BCUT2D eigenvalue weighted by molar-refractivity contribution is -0.141. The molecule has 6 nitrogen and oxygen atoms in total. The lowest BCUT2D eigenvalue weighted by Crippen LogP contribution is -2.32. The second-order valence-electron chi connectivity index (χ2n) is 6.30. The zero-order chi connectivity index (χ0) is 18.9. The lowest BCUT2D eigenvalue weighted by Gasteiger charge is -2.14. The second kappa shape index (κ2) is 9.75. The Morgan fingerprint density at radius 1 is 1.23 bits per heavy atom.